The second-order valence-corrected chi connectivity index (χ2v) is 6.54. The third-order valence-corrected chi connectivity index (χ3v) is 4.16. The summed E-state index contributed by atoms with van der Waals surface area (Å²) in [6.45, 7) is 2.53. The van der Waals surface area contributed by atoms with E-state index in [-0.39, 0.29) is 11.5 Å². The Morgan fingerprint density at radius 3 is 2.55 bits per heavy atom. The Balaban J connectivity index is 2.10. The maximum Gasteiger partial charge on any atom is 0.166 e. The number of tetrazole rings is 1. The second-order valence-electron chi connectivity index (χ2n) is 4.48. The van der Waals surface area contributed by atoms with Crippen molar-refractivity contribution in [3.63, 3.8) is 0 Å². The Labute approximate surface area is 116 Å². The fraction of sp³-hybridized carbons (Fsp3) is 0.417. The first-order chi connectivity index (χ1) is 9.50. The van der Waals surface area contributed by atoms with Gasteiger partial charge >= 0.3 is 0 Å². The number of nitrogens with zero attached hydrogens (tertiary/aromatic N) is 4. The molecule has 0 unspecified atom stereocenters. The van der Waals surface area contributed by atoms with Gasteiger partial charge in [-0.3, -0.25) is 0 Å². The van der Waals surface area contributed by atoms with Crippen molar-refractivity contribution >= 4 is 9.84 Å². The van der Waals surface area contributed by atoms with Crippen LogP contribution in [0.1, 0.15) is 24.7 Å². The zero-order valence-corrected chi connectivity index (χ0v) is 11.8. The molecule has 0 radical (unpaired) electrons. The quantitative estimate of drug-likeness (QED) is 0.804. The van der Waals surface area contributed by atoms with Crippen molar-refractivity contribution in [2.24, 2.45) is 0 Å². The Kier molecular flexibility index (Phi) is 4.43. The van der Waals surface area contributed by atoms with E-state index < -0.39 is 15.7 Å². The number of hydrogen-bond acceptors (Lipinski definition) is 5. The molecule has 2 rings (SSSR count). The molecule has 20 heavy (non-hydrogen) atoms. The van der Waals surface area contributed by atoms with Gasteiger partial charge in [-0.05, 0) is 34.5 Å². The van der Waals surface area contributed by atoms with Gasteiger partial charge in [0, 0.05) is 6.54 Å². The molecule has 6 nitrogen and oxygen atoms in total. The zero-order valence-electron chi connectivity index (χ0n) is 11.0. The topological polar surface area (TPSA) is 77.7 Å². The zero-order chi connectivity index (χ0) is 14.6. The minimum atomic E-state index is -3.40. The molecule has 0 bridgehead atoms. The molecule has 108 valence electrons. The highest BCUT2D eigenvalue weighted by molar-refractivity contribution is 7.89. The molecule has 0 spiro atoms. The summed E-state index contributed by atoms with van der Waals surface area (Å²) < 4.78 is 38.5. The molecule has 0 aliphatic rings. The number of aromatic nitrogens is 4. The second kappa shape index (κ2) is 6.08. The Morgan fingerprint density at radius 1 is 1.20 bits per heavy atom. The predicted molar refractivity (Wildman–Crippen MR) is 70.8 cm³/mol. The van der Waals surface area contributed by atoms with Crippen LogP contribution in [0.4, 0.5) is 4.39 Å². The van der Waals surface area contributed by atoms with E-state index in [1.807, 2.05) is 6.92 Å². The largest absolute Gasteiger partial charge is 0.229 e. The Bertz CT molecular complexity index is 667. The van der Waals surface area contributed by atoms with Crippen LogP contribution in [0.3, 0.4) is 0 Å². The predicted octanol–water partition coefficient (Wildman–Crippen LogP) is 1.34. The van der Waals surface area contributed by atoms with Crippen LogP contribution >= 0.6 is 0 Å². The summed E-state index contributed by atoms with van der Waals surface area (Å²) in [4.78, 5) is 0. The summed E-state index contributed by atoms with van der Waals surface area (Å²) in [6.07, 6.45) is 0.816. The van der Waals surface area contributed by atoms with Gasteiger partial charge < -0.3 is 0 Å². The summed E-state index contributed by atoms with van der Waals surface area (Å²) >= 11 is 0. The summed E-state index contributed by atoms with van der Waals surface area (Å²) in [5.74, 6) is -0.448. The Morgan fingerprint density at radius 2 is 1.90 bits per heavy atom. The van der Waals surface area contributed by atoms with Crippen LogP contribution in [0, 0.1) is 5.82 Å². The van der Waals surface area contributed by atoms with Crippen molar-refractivity contribution < 1.29 is 12.8 Å². The van der Waals surface area contributed by atoms with Crippen molar-refractivity contribution in [3.05, 3.63) is 41.5 Å². The molecular formula is C12H15FN4O2S. The van der Waals surface area contributed by atoms with Gasteiger partial charge in [0.1, 0.15) is 11.6 Å². The molecule has 0 saturated heterocycles. The number of rotatable bonds is 6. The van der Waals surface area contributed by atoms with Gasteiger partial charge in [0.2, 0.25) is 0 Å². The van der Waals surface area contributed by atoms with Gasteiger partial charge in [0.05, 0.1) is 5.75 Å². The van der Waals surface area contributed by atoms with E-state index in [1.165, 1.54) is 28.9 Å². The standard InChI is InChI=1S/C12H15FN4O2S/c1-2-7-17-12(14-15-16-17)9-20(18,19)8-10-3-5-11(13)6-4-10/h3-6H,2,7-9H2,1H3. The number of aryl methyl sites for hydroxylation is 1. The molecule has 0 aliphatic carbocycles. The van der Waals surface area contributed by atoms with E-state index in [0.29, 0.717) is 17.9 Å². The maximum atomic E-state index is 12.8. The van der Waals surface area contributed by atoms with Crippen LogP contribution in [0.15, 0.2) is 24.3 Å². The first-order valence-corrected chi connectivity index (χ1v) is 8.02. The molecular weight excluding hydrogens is 283 g/mol. The van der Waals surface area contributed by atoms with Crippen molar-refractivity contribution in [1.82, 2.24) is 20.2 Å². The van der Waals surface area contributed by atoms with Crippen LogP contribution in [0.5, 0.6) is 0 Å². The molecule has 2 aromatic rings. The molecule has 0 saturated carbocycles. The normalized spacial score (nSPS) is 11.7. The van der Waals surface area contributed by atoms with Crippen molar-refractivity contribution in [3.8, 4) is 0 Å². The lowest BCUT2D eigenvalue weighted by Crippen LogP contribution is -2.13. The lowest BCUT2D eigenvalue weighted by molar-refractivity contribution is 0.555. The number of benzene rings is 1. The Hall–Kier alpha value is -1.83. The highest BCUT2D eigenvalue weighted by Gasteiger charge is 2.18. The third-order valence-electron chi connectivity index (χ3n) is 2.69. The lowest BCUT2D eigenvalue weighted by atomic mass is 10.2. The van der Waals surface area contributed by atoms with Crippen molar-refractivity contribution in [2.75, 3.05) is 0 Å². The lowest BCUT2D eigenvalue weighted by Gasteiger charge is -2.05. The van der Waals surface area contributed by atoms with Gasteiger partial charge in [-0.2, -0.15) is 0 Å². The molecule has 0 aliphatic heterocycles. The van der Waals surface area contributed by atoms with Crippen LogP contribution < -0.4 is 0 Å². The molecule has 1 aromatic heterocycles. The van der Waals surface area contributed by atoms with E-state index >= 15 is 0 Å². The molecule has 0 fully saturated rings. The minimum absolute atomic E-state index is 0.160. The van der Waals surface area contributed by atoms with Gasteiger partial charge in [-0.1, -0.05) is 19.1 Å². The summed E-state index contributed by atoms with van der Waals surface area (Å²) in [6, 6.07) is 5.40. The molecule has 0 atom stereocenters. The highest BCUT2D eigenvalue weighted by atomic mass is 32.2. The van der Waals surface area contributed by atoms with E-state index in [9.17, 15) is 12.8 Å². The summed E-state index contributed by atoms with van der Waals surface area (Å²) in [5, 5.41) is 11.0. The van der Waals surface area contributed by atoms with Gasteiger partial charge in [0.15, 0.2) is 15.7 Å². The van der Waals surface area contributed by atoms with Crippen molar-refractivity contribution in [2.45, 2.75) is 31.4 Å². The molecule has 8 heteroatoms. The average Bonchev–Trinajstić information content (AvgIpc) is 2.79. The first kappa shape index (κ1) is 14.6. The van der Waals surface area contributed by atoms with E-state index in [2.05, 4.69) is 15.5 Å². The fourth-order valence-electron chi connectivity index (χ4n) is 1.79. The molecule has 1 aromatic carbocycles. The van der Waals surface area contributed by atoms with Crippen LogP contribution in [0.2, 0.25) is 0 Å². The smallest absolute Gasteiger partial charge is 0.166 e. The average molecular weight is 298 g/mol. The molecule has 0 N–H and O–H groups in total. The molecule has 1 heterocycles. The van der Waals surface area contributed by atoms with Gasteiger partial charge in [-0.15, -0.1) is 5.10 Å². The number of halogens is 1. The summed E-state index contributed by atoms with van der Waals surface area (Å²) in [5.41, 5.74) is 0.543. The van der Waals surface area contributed by atoms with E-state index in [0.717, 1.165) is 6.42 Å². The number of hydrogen-bond donors (Lipinski definition) is 0. The fourth-order valence-corrected chi connectivity index (χ4v) is 3.20. The van der Waals surface area contributed by atoms with Crippen LogP contribution in [-0.4, -0.2) is 28.6 Å². The van der Waals surface area contributed by atoms with E-state index in [4.69, 9.17) is 0 Å². The SMILES string of the molecule is CCCn1nnnc1CS(=O)(=O)Cc1ccc(F)cc1. The molecule has 0 amide bonds. The van der Waals surface area contributed by atoms with Crippen LogP contribution in [0.25, 0.3) is 0 Å². The monoisotopic (exact) mass is 298 g/mol. The first-order valence-electron chi connectivity index (χ1n) is 6.20. The summed E-state index contributed by atoms with van der Waals surface area (Å²) in [7, 11) is -3.40. The van der Waals surface area contributed by atoms with Crippen molar-refractivity contribution in [1.29, 1.82) is 0 Å². The minimum Gasteiger partial charge on any atom is -0.229 e. The third kappa shape index (κ3) is 3.83. The van der Waals surface area contributed by atoms with E-state index in [1.54, 1.807) is 0 Å². The maximum absolute atomic E-state index is 12.8. The van der Waals surface area contributed by atoms with Crippen LogP contribution in [-0.2, 0) is 27.9 Å². The van der Waals surface area contributed by atoms with Gasteiger partial charge in [0.25, 0.3) is 0 Å². The highest BCUT2D eigenvalue weighted by Crippen LogP contribution is 2.11. The van der Waals surface area contributed by atoms with Gasteiger partial charge in [-0.25, -0.2) is 17.5 Å². The number of sulfone groups is 1.